The minimum absolute atomic E-state index is 0. The Morgan fingerprint density at radius 2 is 2.32 bits per heavy atom. The summed E-state index contributed by atoms with van der Waals surface area (Å²) in [4.78, 5) is 4.05. The lowest BCUT2D eigenvalue weighted by Crippen LogP contribution is -2.41. The predicted molar refractivity (Wildman–Crippen MR) is 79.6 cm³/mol. The highest BCUT2D eigenvalue weighted by atomic mass is 35.5. The monoisotopic (exact) mass is 325 g/mol. The van der Waals surface area contributed by atoms with Crippen LogP contribution in [0.5, 0.6) is 0 Å². The second-order valence-electron chi connectivity index (χ2n) is 4.46. The van der Waals surface area contributed by atoms with Gasteiger partial charge in [-0.1, -0.05) is 6.92 Å². The number of sulfonamides is 1. The number of hydrogen-bond acceptors (Lipinski definition) is 5. The van der Waals surface area contributed by atoms with Crippen molar-refractivity contribution >= 4 is 33.8 Å². The highest BCUT2D eigenvalue weighted by molar-refractivity contribution is 7.91. The summed E-state index contributed by atoms with van der Waals surface area (Å²) < 4.78 is 27.2. The van der Waals surface area contributed by atoms with Gasteiger partial charge in [0.2, 0.25) is 0 Å². The molecule has 0 spiro atoms. The van der Waals surface area contributed by atoms with Crippen LogP contribution in [-0.2, 0) is 10.0 Å². The number of halogens is 1. The third-order valence-corrected chi connectivity index (χ3v) is 6.35. The van der Waals surface area contributed by atoms with E-state index >= 15 is 0 Å². The first kappa shape index (κ1) is 16.8. The largest absolute Gasteiger partial charge is 0.315 e. The van der Waals surface area contributed by atoms with Gasteiger partial charge < -0.3 is 5.32 Å². The van der Waals surface area contributed by atoms with Crippen LogP contribution in [-0.4, -0.2) is 43.4 Å². The van der Waals surface area contributed by atoms with Crippen molar-refractivity contribution in [2.75, 3.05) is 19.6 Å². The molecule has 1 unspecified atom stereocenters. The number of hydrogen-bond donors (Lipinski definition) is 1. The Labute approximate surface area is 124 Å². The molecule has 5 nitrogen and oxygen atoms in total. The fourth-order valence-corrected chi connectivity index (χ4v) is 5.17. The normalized spacial score (nSPS) is 19.6. The molecule has 1 aromatic rings. The zero-order valence-corrected chi connectivity index (χ0v) is 13.6. The summed E-state index contributed by atoms with van der Waals surface area (Å²) in [6.07, 6.45) is 3.19. The van der Waals surface area contributed by atoms with Gasteiger partial charge in [0, 0.05) is 19.1 Å². The highest BCUT2D eigenvalue weighted by Crippen LogP contribution is 2.25. The molecule has 1 N–H and O–H groups in total. The van der Waals surface area contributed by atoms with Gasteiger partial charge in [0.1, 0.15) is 0 Å². The first-order chi connectivity index (χ1) is 8.55. The molecule has 1 aliphatic heterocycles. The zero-order chi connectivity index (χ0) is 13.2. The van der Waals surface area contributed by atoms with E-state index < -0.39 is 10.0 Å². The van der Waals surface area contributed by atoms with Crippen molar-refractivity contribution in [3.8, 4) is 0 Å². The minimum Gasteiger partial charge on any atom is -0.315 e. The Hall–Kier alpha value is -0.210. The standard InChI is InChI=1S/C11H19N3O2S2.ClH/c1-3-6-14(10-4-5-12-7-10)18(15,16)11-8-13-9(2)17-11;/h8,10,12H,3-7H2,1-2H3;1H. The maximum atomic E-state index is 12.6. The maximum Gasteiger partial charge on any atom is 0.254 e. The molecule has 1 fully saturated rings. The molecular formula is C11H20ClN3O2S2. The lowest BCUT2D eigenvalue weighted by atomic mass is 10.2. The summed E-state index contributed by atoms with van der Waals surface area (Å²) in [5, 5.41) is 4.01. The van der Waals surface area contributed by atoms with E-state index in [1.54, 1.807) is 4.31 Å². The van der Waals surface area contributed by atoms with Gasteiger partial charge in [0.25, 0.3) is 10.0 Å². The third-order valence-electron chi connectivity index (χ3n) is 3.05. The molecule has 1 atom stereocenters. The van der Waals surface area contributed by atoms with Crippen LogP contribution in [0.4, 0.5) is 0 Å². The SMILES string of the molecule is CCCN(C1CCNC1)S(=O)(=O)c1cnc(C)s1.Cl. The lowest BCUT2D eigenvalue weighted by Gasteiger charge is -2.26. The number of nitrogens with zero attached hydrogens (tertiary/aromatic N) is 2. The molecular weight excluding hydrogens is 306 g/mol. The minimum atomic E-state index is -3.38. The van der Waals surface area contributed by atoms with Crippen molar-refractivity contribution in [3.63, 3.8) is 0 Å². The molecule has 1 saturated heterocycles. The van der Waals surface area contributed by atoms with Crippen LogP contribution in [0.3, 0.4) is 0 Å². The fourth-order valence-electron chi connectivity index (χ4n) is 2.18. The number of aromatic nitrogens is 1. The van der Waals surface area contributed by atoms with Crippen LogP contribution < -0.4 is 5.32 Å². The molecule has 2 rings (SSSR count). The summed E-state index contributed by atoms with van der Waals surface area (Å²) in [6.45, 7) is 6.04. The molecule has 0 saturated carbocycles. The van der Waals surface area contributed by atoms with E-state index in [-0.39, 0.29) is 18.4 Å². The Bertz CT molecular complexity index is 498. The van der Waals surface area contributed by atoms with Gasteiger partial charge in [-0.25, -0.2) is 13.4 Å². The van der Waals surface area contributed by atoms with E-state index in [0.717, 1.165) is 30.9 Å². The Balaban J connectivity index is 0.00000180. The van der Waals surface area contributed by atoms with E-state index in [1.165, 1.54) is 17.5 Å². The van der Waals surface area contributed by atoms with Gasteiger partial charge in [0.05, 0.1) is 11.2 Å². The van der Waals surface area contributed by atoms with Crippen LogP contribution >= 0.6 is 23.7 Å². The van der Waals surface area contributed by atoms with Gasteiger partial charge in [-0.2, -0.15) is 4.31 Å². The average Bonchev–Trinajstić information content (AvgIpc) is 2.96. The molecule has 0 aliphatic carbocycles. The second-order valence-corrected chi connectivity index (χ2v) is 7.81. The van der Waals surface area contributed by atoms with Gasteiger partial charge >= 0.3 is 0 Å². The molecule has 0 amide bonds. The fraction of sp³-hybridized carbons (Fsp3) is 0.727. The van der Waals surface area contributed by atoms with Crippen molar-refractivity contribution in [2.45, 2.75) is 36.9 Å². The van der Waals surface area contributed by atoms with Crippen LogP contribution in [0.1, 0.15) is 24.8 Å². The number of nitrogens with one attached hydrogen (secondary N) is 1. The topological polar surface area (TPSA) is 62.3 Å². The smallest absolute Gasteiger partial charge is 0.254 e. The summed E-state index contributed by atoms with van der Waals surface area (Å²) in [5.74, 6) is 0. The molecule has 19 heavy (non-hydrogen) atoms. The molecule has 0 radical (unpaired) electrons. The molecule has 1 aliphatic rings. The quantitative estimate of drug-likeness (QED) is 0.894. The average molecular weight is 326 g/mol. The van der Waals surface area contributed by atoms with Crippen molar-refractivity contribution in [1.82, 2.24) is 14.6 Å². The van der Waals surface area contributed by atoms with Crippen LogP contribution in [0.15, 0.2) is 10.4 Å². The van der Waals surface area contributed by atoms with Crippen molar-refractivity contribution in [1.29, 1.82) is 0 Å². The molecule has 0 bridgehead atoms. The van der Waals surface area contributed by atoms with Crippen molar-refractivity contribution in [3.05, 3.63) is 11.2 Å². The van der Waals surface area contributed by atoms with E-state index in [9.17, 15) is 8.42 Å². The summed E-state index contributed by atoms with van der Waals surface area (Å²) in [6, 6.07) is 0.0809. The Morgan fingerprint density at radius 3 is 2.79 bits per heavy atom. The zero-order valence-electron chi connectivity index (χ0n) is 11.1. The number of thiazole rings is 1. The predicted octanol–water partition coefficient (Wildman–Crippen LogP) is 1.64. The first-order valence-electron chi connectivity index (χ1n) is 6.20. The summed E-state index contributed by atoms with van der Waals surface area (Å²) >= 11 is 1.25. The van der Waals surface area contributed by atoms with Crippen LogP contribution in [0, 0.1) is 6.92 Å². The van der Waals surface area contributed by atoms with Crippen molar-refractivity contribution < 1.29 is 8.42 Å². The van der Waals surface area contributed by atoms with E-state index in [0.29, 0.717) is 10.8 Å². The van der Waals surface area contributed by atoms with Crippen molar-refractivity contribution in [2.24, 2.45) is 0 Å². The second kappa shape index (κ2) is 6.99. The van der Waals surface area contributed by atoms with Gasteiger partial charge in [-0.05, 0) is 26.3 Å². The molecule has 0 aromatic carbocycles. The molecule has 2 heterocycles. The maximum absolute atomic E-state index is 12.6. The lowest BCUT2D eigenvalue weighted by molar-refractivity contribution is 0.336. The highest BCUT2D eigenvalue weighted by Gasteiger charge is 2.33. The number of rotatable bonds is 5. The molecule has 1 aromatic heterocycles. The van der Waals surface area contributed by atoms with Crippen LogP contribution in [0.2, 0.25) is 0 Å². The first-order valence-corrected chi connectivity index (χ1v) is 8.46. The summed E-state index contributed by atoms with van der Waals surface area (Å²) in [5.41, 5.74) is 0. The van der Waals surface area contributed by atoms with Gasteiger partial charge in [0.15, 0.2) is 4.21 Å². The van der Waals surface area contributed by atoms with E-state index in [4.69, 9.17) is 0 Å². The number of aryl methyl sites for hydroxylation is 1. The Kier molecular flexibility index (Phi) is 6.19. The Morgan fingerprint density at radius 1 is 1.58 bits per heavy atom. The van der Waals surface area contributed by atoms with Gasteiger partial charge in [-0.15, -0.1) is 23.7 Å². The molecule has 110 valence electrons. The van der Waals surface area contributed by atoms with E-state index in [1.807, 2.05) is 13.8 Å². The third kappa shape index (κ3) is 3.66. The molecule has 8 heteroatoms. The summed E-state index contributed by atoms with van der Waals surface area (Å²) in [7, 11) is -3.38. The van der Waals surface area contributed by atoms with Crippen LogP contribution in [0.25, 0.3) is 0 Å². The van der Waals surface area contributed by atoms with Gasteiger partial charge in [-0.3, -0.25) is 0 Å². The van der Waals surface area contributed by atoms with E-state index in [2.05, 4.69) is 10.3 Å².